The van der Waals surface area contributed by atoms with Gasteiger partial charge in [0.25, 0.3) is 5.09 Å². The van der Waals surface area contributed by atoms with E-state index in [1.807, 2.05) is 65.4 Å². The summed E-state index contributed by atoms with van der Waals surface area (Å²) in [6, 6.07) is 17.4. The highest BCUT2D eigenvalue weighted by atomic mass is 16.9. The number of benzene rings is 2. The van der Waals surface area contributed by atoms with Crippen LogP contribution in [0.5, 0.6) is 11.5 Å². The second kappa shape index (κ2) is 10.5. The van der Waals surface area contributed by atoms with Gasteiger partial charge >= 0.3 is 0 Å². The van der Waals surface area contributed by atoms with Crippen molar-refractivity contribution in [3.05, 3.63) is 89.0 Å². The first-order chi connectivity index (χ1) is 14.6. The molecule has 0 fully saturated rings. The first kappa shape index (κ1) is 20.6. The molecular weight excluding hydrogens is 392 g/mol. The number of hydrogen-bond acceptors (Lipinski definition) is 7. The molecule has 1 unspecified atom stereocenters. The van der Waals surface area contributed by atoms with E-state index in [2.05, 4.69) is 10.1 Å². The maximum Gasteiger partial charge on any atom is 0.291 e. The van der Waals surface area contributed by atoms with E-state index < -0.39 is 5.09 Å². The minimum atomic E-state index is -1.50. The lowest BCUT2D eigenvalue weighted by atomic mass is 10.00. The standard InChI is InChI=1S/C20H19N3O3.HNO3/c1-2-6-16(7-3-1)24-12-13-26-22-20-17-8-4-5-9-19(17)25-14-18(20)23-11-10-21-15-23;2-1(3)4/h1-11,15,18H,12-14H2;(H,2,3,4)/b22-20+;. The van der Waals surface area contributed by atoms with Crippen LogP contribution in [-0.4, -0.2) is 45.4 Å². The van der Waals surface area contributed by atoms with Crippen molar-refractivity contribution in [2.24, 2.45) is 5.16 Å². The smallest absolute Gasteiger partial charge is 0.291 e. The summed E-state index contributed by atoms with van der Waals surface area (Å²) in [5.74, 6) is 1.63. The fourth-order valence-corrected chi connectivity index (χ4v) is 2.85. The molecule has 0 bridgehead atoms. The van der Waals surface area contributed by atoms with Crippen molar-refractivity contribution in [2.75, 3.05) is 19.8 Å². The lowest BCUT2D eigenvalue weighted by molar-refractivity contribution is -0.742. The minimum Gasteiger partial charge on any atom is -0.490 e. The number of aromatic nitrogens is 2. The first-order valence-electron chi connectivity index (χ1n) is 9.05. The van der Waals surface area contributed by atoms with Gasteiger partial charge in [0, 0.05) is 18.0 Å². The van der Waals surface area contributed by atoms with Crippen molar-refractivity contribution in [3.8, 4) is 11.5 Å². The largest absolute Gasteiger partial charge is 0.490 e. The van der Waals surface area contributed by atoms with Crippen LogP contribution < -0.4 is 9.47 Å². The number of hydrogen-bond donors (Lipinski definition) is 1. The number of rotatable bonds is 6. The molecule has 0 aliphatic carbocycles. The molecule has 0 spiro atoms. The van der Waals surface area contributed by atoms with Crippen LogP contribution in [0, 0.1) is 10.1 Å². The van der Waals surface area contributed by atoms with Gasteiger partial charge in [-0.15, -0.1) is 10.1 Å². The average Bonchev–Trinajstić information content (AvgIpc) is 3.28. The van der Waals surface area contributed by atoms with Crippen LogP contribution in [0.15, 0.2) is 78.5 Å². The van der Waals surface area contributed by atoms with Crippen molar-refractivity contribution in [1.29, 1.82) is 0 Å². The van der Waals surface area contributed by atoms with Gasteiger partial charge < -0.3 is 24.1 Å². The Hall–Kier alpha value is -4.08. The quantitative estimate of drug-likeness (QED) is 0.375. The van der Waals surface area contributed by atoms with Gasteiger partial charge in [-0.25, -0.2) is 4.98 Å². The molecule has 1 aliphatic rings. The monoisotopic (exact) mass is 412 g/mol. The Kier molecular flexibility index (Phi) is 7.20. The van der Waals surface area contributed by atoms with Crippen molar-refractivity contribution in [3.63, 3.8) is 0 Å². The van der Waals surface area contributed by atoms with Gasteiger partial charge in [-0.3, -0.25) is 0 Å². The van der Waals surface area contributed by atoms with E-state index in [0.717, 1.165) is 22.8 Å². The summed E-state index contributed by atoms with van der Waals surface area (Å²) < 4.78 is 13.5. The molecule has 0 radical (unpaired) electrons. The zero-order chi connectivity index (χ0) is 21.2. The van der Waals surface area contributed by atoms with E-state index in [-0.39, 0.29) is 6.04 Å². The number of fused-ring (bicyclic) bond motifs is 1. The van der Waals surface area contributed by atoms with Gasteiger partial charge in [-0.2, -0.15) is 0 Å². The van der Waals surface area contributed by atoms with Gasteiger partial charge in [-0.05, 0) is 24.3 Å². The number of oxime groups is 1. The number of para-hydroxylation sites is 2. The van der Waals surface area contributed by atoms with Gasteiger partial charge in [0.2, 0.25) is 0 Å². The first-order valence-corrected chi connectivity index (χ1v) is 9.05. The summed E-state index contributed by atoms with van der Waals surface area (Å²) in [6.45, 7) is 1.27. The number of ether oxygens (including phenoxy) is 2. The summed E-state index contributed by atoms with van der Waals surface area (Å²) in [7, 11) is 0. The third-order valence-corrected chi connectivity index (χ3v) is 4.11. The van der Waals surface area contributed by atoms with Crippen molar-refractivity contribution in [1.82, 2.24) is 9.55 Å². The molecule has 10 nitrogen and oxygen atoms in total. The van der Waals surface area contributed by atoms with Crippen molar-refractivity contribution < 1.29 is 24.6 Å². The Morgan fingerprint density at radius 1 is 1.20 bits per heavy atom. The highest BCUT2D eigenvalue weighted by Gasteiger charge is 2.28. The molecule has 1 aromatic heterocycles. The van der Waals surface area contributed by atoms with Crippen LogP contribution >= 0.6 is 0 Å². The molecule has 2 heterocycles. The van der Waals surface area contributed by atoms with Crippen LogP contribution in [0.3, 0.4) is 0 Å². The molecule has 1 N–H and O–H groups in total. The molecule has 1 aliphatic heterocycles. The summed E-state index contributed by atoms with van der Waals surface area (Å²) in [5, 5.41) is 18.0. The lowest BCUT2D eigenvalue weighted by Crippen LogP contribution is -2.31. The predicted molar refractivity (Wildman–Crippen MR) is 106 cm³/mol. The Morgan fingerprint density at radius 2 is 1.93 bits per heavy atom. The Bertz CT molecular complexity index is 958. The third-order valence-electron chi connectivity index (χ3n) is 4.11. The third kappa shape index (κ3) is 5.71. The molecule has 3 aromatic rings. The normalized spacial score (nSPS) is 15.9. The van der Waals surface area contributed by atoms with E-state index in [1.165, 1.54) is 0 Å². The van der Waals surface area contributed by atoms with Crippen molar-refractivity contribution >= 4 is 5.71 Å². The molecule has 156 valence electrons. The Labute approximate surface area is 172 Å². The minimum absolute atomic E-state index is 0.0811. The van der Waals surface area contributed by atoms with Gasteiger partial charge in [0.05, 0.1) is 6.33 Å². The van der Waals surface area contributed by atoms with E-state index in [4.69, 9.17) is 29.6 Å². The predicted octanol–water partition coefficient (Wildman–Crippen LogP) is 2.97. The fraction of sp³-hybridized carbons (Fsp3) is 0.200. The van der Waals surface area contributed by atoms with E-state index in [9.17, 15) is 0 Å². The van der Waals surface area contributed by atoms with Crippen molar-refractivity contribution in [2.45, 2.75) is 6.04 Å². The van der Waals surface area contributed by atoms with E-state index in [0.29, 0.717) is 19.8 Å². The van der Waals surface area contributed by atoms with E-state index >= 15 is 0 Å². The zero-order valence-corrected chi connectivity index (χ0v) is 15.9. The molecule has 1 atom stereocenters. The van der Waals surface area contributed by atoms with Gasteiger partial charge in [-0.1, -0.05) is 35.5 Å². The SMILES string of the molecule is O=[N+]([O-])O.c1ccc(OCCO/N=C2\c3ccccc3OCC2n2ccnc2)cc1. The Morgan fingerprint density at radius 3 is 2.67 bits per heavy atom. The number of imidazole rings is 1. The molecule has 30 heavy (non-hydrogen) atoms. The summed E-state index contributed by atoms with van der Waals surface area (Å²) in [6.07, 6.45) is 5.40. The van der Waals surface area contributed by atoms with Crippen LogP contribution in [-0.2, 0) is 4.84 Å². The molecule has 0 amide bonds. The van der Waals surface area contributed by atoms with Crippen LogP contribution in [0.25, 0.3) is 0 Å². The van der Waals surface area contributed by atoms with Crippen LogP contribution in [0.2, 0.25) is 0 Å². The highest BCUT2D eigenvalue weighted by molar-refractivity contribution is 6.06. The van der Waals surface area contributed by atoms with Crippen LogP contribution in [0.4, 0.5) is 0 Å². The van der Waals surface area contributed by atoms with Gasteiger partial charge in [0.15, 0.2) is 6.61 Å². The molecule has 10 heteroatoms. The lowest BCUT2D eigenvalue weighted by Gasteiger charge is -2.27. The molecule has 4 rings (SSSR count). The molecule has 0 saturated heterocycles. The highest BCUT2D eigenvalue weighted by Crippen LogP contribution is 2.30. The maximum absolute atomic E-state index is 8.36. The number of nitrogens with zero attached hydrogens (tertiary/aromatic N) is 4. The topological polar surface area (TPSA) is 121 Å². The van der Waals surface area contributed by atoms with Gasteiger partial charge in [0.1, 0.15) is 36.5 Å². The second-order valence-corrected chi connectivity index (χ2v) is 6.04. The Balaban J connectivity index is 0.000000589. The zero-order valence-electron chi connectivity index (χ0n) is 15.9. The summed E-state index contributed by atoms with van der Waals surface area (Å²) in [4.78, 5) is 18.0. The molecular formula is C20H20N4O6. The fourth-order valence-electron chi connectivity index (χ4n) is 2.85. The molecule has 0 saturated carbocycles. The maximum atomic E-state index is 8.36. The second-order valence-electron chi connectivity index (χ2n) is 6.04. The average molecular weight is 412 g/mol. The van der Waals surface area contributed by atoms with Crippen LogP contribution in [0.1, 0.15) is 11.6 Å². The molecule has 2 aromatic carbocycles. The summed E-state index contributed by atoms with van der Waals surface area (Å²) >= 11 is 0. The summed E-state index contributed by atoms with van der Waals surface area (Å²) in [5.41, 5.74) is 1.76. The van der Waals surface area contributed by atoms with E-state index in [1.54, 1.807) is 12.5 Å².